The Hall–Kier alpha value is -2.44. The molecule has 1 heterocycles. The number of carbonyl (C=O) groups is 2. The van der Waals surface area contributed by atoms with Crippen LogP contribution in [0.3, 0.4) is 0 Å². The van der Waals surface area contributed by atoms with Gasteiger partial charge in [0.1, 0.15) is 5.75 Å². The third-order valence-electron chi connectivity index (χ3n) is 6.77. The topological polar surface area (TPSA) is 61.9 Å². The zero-order valence-corrected chi connectivity index (χ0v) is 18.6. The molecule has 0 unspecified atom stereocenters. The predicted molar refractivity (Wildman–Crippen MR) is 118 cm³/mol. The van der Waals surface area contributed by atoms with Gasteiger partial charge in [-0.05, 0) is 61.2 Å². The Kier molecular flexibility index (Phi) is 4.83. The highest BCUT2D eigenvalue weighted by molar-refractivity contribution is 6.30. The maximum Gasteiger partial charge on any atom is 0.320 e. The fourth-order valence-electron chi connectivity index (χ4n) is 5.27. The van der Waals surface area contributed by atoms with Crippen LogP contribution in [0.15, 0.2) is 48.5 Å². The van der Waals surface area contributed by atoms with Crippen LogP contribution in [0.1, 0.15) is 30.9 Å². The monoisotopic (exact) mass is 459 g/mol. The SMILES string of the molecule is CN1C(=O)N(C23CC(NC(=O)COc4ccc(Cl)cc4)(C2)C3)C[C@H]1c1ccc(Cl)cc1. The number of halogens is 2. The van der Waals surface area contributed by atoms with Crippen LogP contribution in [0.25, 0.3) is 0 Å². The van der Waals surface area contributed by atoms with Crippen molar-refractivity contribution in [2.75, 3.05) is 20.2 Å². The molecule has 0 radical (unpaired) electrons. The maximum atomic E-state index is 12.9. The third kappa shape index (κ3) is 3.52. The molecule has 162 valence electrons. The van der Waals surface area contributed by atoms with Gasteiger partial charge in [-0.15, -0.1) is 0 Å². The second-order valence-electron chi connectivity index (χ2n) is 8.90. The van der Waals surface area contributed by atoms with Crippen LogP contribution in [0.4, 0.5) is 4.79 Å². The highest BCUT2D eigenvalue weighted by Crippen LogP contribution is 2.64. The molecule has 0 aromatic heterocycles. The number of rotatable bonds is 6. The average molecular weight is 460 g/mol. The fourth-order valence-corrected chi connectivity index (χ4v) is 5.52. The number of nitrogens with one attached hydrogen (secondary N) is 1. The molecule has 6 rings (SSSR count). The Balaban J connectivity index is 1.16. The van der Waals surface area contributed by atoms with E-state index in [0.717, 1.165) is 24.8 Å². The lowest BCUT2D eigenvalue weighted by atomic mass is 9.43. The van der Waals surface area contributed by atoms with Crippen molar-refractivity contribution in [1.29, 1.82) is 0 Å². The van der Waals surface area contributed by atoms with E-state index in [2.05, 4.69) is 5.32 Å². The minimum atomic E-state index is -0.211. The minimum absolute atomic E-state index is 0.0112. The summed E-state index contributed by atoms with van der Waals surface area (Å²) in [5.74, 6) is 0.458. The smallest absolute Gasteiger partial charge is 0.320 e. The van der Waals surface area contributed by atoms with E-state index in [4.69, 9.17) is 27.9 Å². The van der Waals surface area contributed by atoms with E-state index in [0.29, 0.717) is 22.3 Å². The molecule has 1 atom stereocenters. The van der Waals surface area contributed by atoms with Crippen molar-refractivity contribution in [3.63, 3.8) is 0 Å². The zero-order chi connectivity index (χ0) is 21.8. The van der Waals surface area contributed by atoms with Crippen LogP contribution in [0.5, 0.6) is 5.75 Å². The summed E-state index contributed by atoms with van der Waals surface area (Å²) >= 11 is 11.9. The zero-order valence-electron chi connectivity index (χ0n) is 17.1. The normalized spacial score (nSPS) is 28.7. The lowest BCUT2D eigenvalue weighted by molar-refractivity contribution is -0.166. The average Bonchev–Trinajstić information content (AvgIpc) is 2.99. The molecule has 31 heavy (non-hydrogen) atoms. The summed E-state index contributed by atoms with van der Waals surface area (Å²) in [5.41, 5.74) is 0.728. The Labute approximate surface area is 191 Å². The Morgan fingerprint density at radius 3 is 2.26 bits per heavy atom. The van der Waals surface area contributed by atoms with Crippen molar-refractivity contribution in [3.8, 4) is 5.75 Å². The van der Waals surface area contributed by atoms with Crippen molar-refractivity contribution < 1.29 is 14.3 Å². The van der Waals surface area contributed by atoms with Crippen LogP contribution in [0, 0.1) is 0 Å². The molecule has 4 fully saturated rings. The van der Waals surface area contributed by atoms with Crippen LogP contribution >= 0.6 is 23.2 Å². The van der Waals surface area contributed by atoms with Crippen molar-refractivity contribution in [1.82, 2.24) is 15.1 Å². The predicted octanol–water partition coefficient (Wildman–Crippen LogP) is 4.27. The molecule has 3 saturated carbocycles. The van der Waals surface area contributed by atoms with Gasteiger partial charge in [0.15, 0.2) is 6.61 Å². The molecule has 2 bridgehead atoms. The van der Waals surface area contributed by atoms with Gasteiger partial charge >= 0.3 is 6.03 Å². The summed E-state index contributed by atoms with van der Waals surface area (Å²) in [6, 6.07) is 14.6. The van der Waals surface area contributed by atoms with E-state index in [1.165, 1.54) is 0 Å². The first kappa shape index (κ1) is 20.5. The summed E-state index contributed by atoms with van der Waals surface area (Å²) in [5, 5.41) is 4.41. The van der Waals surface area contributed by atoms with Crippen LogP contribution < -0.4 is 10.1 Å². The van der Waals surface area contributed by atoms with Gasteiger partial charge in [-0.3, -0.25) is 4.79 Å². The van der Waals surface area contributed by atoms with Crippen molar-refractivity contribution >= 4 is 35.1 Å². The number of ether oxygens (including phenoxy) is 1. The lowest BCUT2D eigenvalue weighted by Crippen LogP contribution is -2.84. The molecule has 8 heteroatoms. The number of amides is 3. The van der Waals surface area contributed by atoms with Crippen LogP contribution in [0.2, 0.25) is 10.0 Å². The first-order chi connectivity index (χ1) is 14.8. The van der Waals surface area contributed by atoms with E-state index >= 15 is 0 Å². The largest absolute Gasteiger partial charge is 0.484 e. The Bertz CT molecular complexity index is 1010. The molecule has 6 nitrogen and oxygen atoms in total. The van der Waals surface area contributed by atoms with E-state index in [1.54, 1.807) is 29.2 Å². The van der Waals surface area contributed by atoms with E-state index in [-0.39, 0.29) is 35.7 Å². The Morgan fingerprint density at radius 2 is 1.65 bits per heavy atom. The summed E-state index contributed by atoms with van der Waals surface area (Å²) in [6.45, 7) is 0.612. The van der Waals surface area contributed by atoms with Crippen molar-refractivity contribution in [3.05, 3.63) is 64.1 Å². The van der Waals surface area contributed by atoms with Gasteiger partial charge in [-0.2, -0.15) is 0 Å². The number of likely N-dealkylation sites (N-methyl/N-ethyl adjacent to an activating group) is 1. The number of hydrogen-bond donors (Lipinski definition) is 1. The highest BCUT2D eigenvalue weighted by atomic mass is 35.5. The van der Waals surface area contributed by atoms with E-state index in [9.17, 15) is 9.59 Å². The summed E-state index contributed by atoms with van der Waals surface area (Å²) in [4.78, 5) is 29.1. The molecule has 1 N–H and O–H groups in total. The highest BCUT2D eigenvalue weighted by Gasteiger charge is 2.73. The summed E-state index contributed by atoms with van der Waals surface area (Å²) < 4.78 is 5.53. The lowest BCUT2D eigenvalue weighted by Gasteiger charge is -2.72. The molecule has 2 aromatic carbocycles. The summed E-state index contributed by atoms with van der Waals surface area (Å²) in [6.07, 6.45) is 2.37. The van der Waals surface area contributed by atoms with Crippen LogP contribution in [-0.2, 0) is 4.79 Å². The third-order valence-corrected chi connectivity index (χ3v) is 7.28. The molecule has 3 aliphatic carbocycles. The summed E-state index contributed by atoms with van der Waals surface area (Å²) in [7, 11) is 1.85. The van der Waals surface area contributed by atoms with Gasteiger partial charge in [-0.25, -0.2) is 4.79 Å². The molecule has 2 aromatic rings. The molecular formula is C23H23Cl2N3O3. The van der Waals surface area contributed by atoms with E-state index < -0.39 is 0 Å². The van der Waals surface area contributed by atoms with Gasteiger partial charge in [-0.1, -0.05) is 35.3 Å². The number of urea groups is 1. The molecule has 0 spiro atoms. The number of nitrogens with zero attached hydrogens (tertiary/aromatic N) is 2. The number of hydrogen-bond acceptors (Lipinski definition) is 3. The van der Waals surface area contributed by atoms with Gasteiger partial charge in [0.05, 0.1) is 11.6 Å². The minimum Gasteiger partial charge on any atom is -0.484 e. The molecular weight excluding hydrogens is 437 g/mol. The second kappa shape index (κ2) is 7.31. The van der Waals surface area contributed by atoms with Gasteiger partial charge in [0, 0.05) is 29.2 Å². The Morgan fingerprint density at radius 1 is 1.06 bits per heavy atom. The number of carbonyl (C=O) groups excluding carboxylic acids is 2. The second-order valence-corrected chi connectivity index (χ2v) is 9.77. The quantitative estimate of drug-likeness (QED) is 0.701. The van der Waals surface area contributed by atoms with Crippen molar-refractivity contribution in [2.24, 2.45) is 0 Å². The molecule has 1 saturated heterocycles. The standard InChI is InChI=1S/C23H23Cl2N3O3/c1-27-19(15-2-4-16(24)5-3-15)10-28(21(27)30)23-12-22(13-23,14-23)26-20(29)11-31-18-8-6-17(25)7-9-18/h2-9,19H,10-14H2,1H3,(H,26,29)/t19-,22?,23?/m0/s1. The first-order valence-corrected chi connectivity index (χ1v) is 11.0. The van der Waals surface area contributed by atoms with Crippen molar-refractivity contribution in [2.45, 2.75) is 36.4 Å². The first-order valence-electron chi connectivity index (χ1n) is 10.3. The van der Waals surface area contributed by atoms with E-state index in [1.807, 2.05) is 36.2 Å². The molecule has 4 aliphatic rings. The number of benzene rings is 2. The van der Waals surface area contributed by atoms with Crippen LogP contribution in [-0.4, -0.2) is 53.0 Å². The van der Waals surface area contributed by atoms with Gasteiger partial charge < -0.3 is 19.9 Å². The van der Waals surface area contributed by atoms with Gasteiger partial charge in [0.25, 0.3) is 5.91 Å². The molecule has 3 amide bonds. The maximum absolute atomic E-state index is 12.9. The molecule has 1 aliphatic heterocycles. The van der Waals surface area contributed by atoms with Gasteiger partial charge in [0.2, 0.25) is 0 Å². The fraction of sp³-hybridized carbons (Fsp3) is 0.391.